The van der Waals surface area contributed by atoms with E-state index >= 15 is 0 Å². The molecule has 1 atom stereocenters. The van der Waals surface area contributed by atoms with Crippen LogP contribution in [0.1, 0.15) is 28.3 Å². The minimum absolute atomic E-state index is 0.205. The molecule has 3 aromatic carbocycles. The van der Waals surface area contributed by atoms with Gasteiger partial charge in [-0.1, -0.05) is 6.07 Å². The van der Waals surface area contributed by atoms with Gasteiger partial charge in [-0.05, 0) is 54.8 Å². The molecule has 0 N–H and O–H groups in total. The fourth-order valence-corrected chi connectivity index (χ4v) is 5.72. The van der Waals surface area contributed by atoms with Crippen LogP contribution in [0.5, 0.6) is 40.2 Å². The lowest BCUT2D eigenvalue weighted by Gasteiger charge is -2.41. The van der Waals surface area contributed by atoms with Crippen molar-refractivity contribution in [2.75, 3.05) is 56.3 Å². The first-order valence-electron chi connectivity index (χ1n) is 12.6. The third-order valence-electron chi connectivity index (χ3n) is 7.56. The van der Waals surface area contributed by atoms with Crippen molar-refractivity contribution in [3.05, 3.63) is 52.6 Å². The van der Waals surface area contributed by atoms with E-state index in [1.54, 1.807) is 42.7 Å². The maximum absolute atomic E-state index is 6.81. The second-order valence-corrected chi connectivity index (χ2v) is 9.49. The van der Waals surface area contributed by atoms with Gasteiger partial charge in [-0.2, -0.15) is 0 Å². The summed E-state index contributed by atoms with van der Waals surface area (Å²) in [5.74, 6) is 4.37. The zero-order valence-corrected chi connectivity index (χ0v) is 23.1. The molecule has 0 saturated heterocycles. The van der Waals surface area contributed by atoms with E-state index in [1.807, 2.05) is 18.2 Å². The molecule has 0 radical (unpaired) electrons. The van der Waals surface area contributed by atoms with Gasteiger partial charge >= 0.3 is 0 Å². The fraction of sp³-hybridized carbons (Fsp3) is 0.400. The van der Waals surface area contributed by atoms with Gasteiger partial charge in [-0.15, -0.1) is 0 Å². The maximum atomic E-state index is 6.81. The molecule has 1 heterocycles. The van der Waals surface area contributed by atoms with Crippen LogP contribution in [0.4, 0.5) is 0 Å². The van der Waals surface area contributed by atoms with Crippen molar-refractivity contribution < 1.29 is 33.2 Å². The summed E-state index contributed by atoms with van der Waals surface area (Å²) in [6, 6.07) is 10.1. The van der Waals surface area contributed by atoms with Gasteiger partial charge < -0.3 is 33.2 Å². The molecule has 8 heteroatoms. The summed E-state index contributed by atoms with van der Waals surface area (Å²) in [7, 11) is 12.0. The first kappa shape index (κ1) is 26.0. The van der Waals surface area contributed by atoms with Crippen LogP contribution in [0, 0.1) is 0 Å². The van der Waals surface area contributed by atoms with Crippen LogP contribution in [-0.4, -0.2) is 61.2 Å². The van der Waals surface area contributed by atoms with Crippen LogP contribution in [-0.2, 0) is 24.2 Å². The summed E-state index contributed by atoms with van der Waals surface area (Å²) in [4.78, 5) is 2.41. The minimum Gasteiger partial charge on any atom is -0.493 e. The molecule has 8 nitrogen and oxygen atoms in total. The number of nitrogens with zero attached hydrogens (tertiary/aromatic N) is 1. The Labute approximate surface area is 223 Å². The Bertz CT molecular complexity index is 1350. The summed E-state index contributed by atoms with van der Waals surface area (Å²) in [6.45, 7) is 1.30. The predicted molar refractivity (Wildman–Crippen MR) is 145 cm³/mol. The van der Waals surface area contributed by atoms with Crippen molar-refractivity contribution in [2.24, 2.45) is 0 Å². The lowest BCUT2D eigenvalue weighted by Crippen LogP contribution is -2.35. The molecular formula is C30H35NO7. The van der Waals surface area contributed by atoms with E-state index < -0.39 is 0 Å². The molecule has 0 bridgehead atoms. The molecule has 2 aliphatic rings. The van der Waals surface area contributed by atoms with Crippen LogP contribution < -0.4 is 28.4 Å². The van der Waals surface area contributed by atoms with Gasteiger partial charge in [0.25, 0.3) is 0 Å². The van der Waals surface area contributed by atoms with Gasteiger partial charge in [0, 0.05) is 42.5 Å². The van der Waals surface area contributed by atoms with Gasteiger partial charge in [-0.3, -0.25) is 4.90 Å². The monoisotopic (exact) mass is 521 g/mol. The van der Waals surface area contributed by atoms with Crippen LogP contribution in [0.15, 0.2) is 30.3 Å². The van der Waals surface area contributed by atoms with Gasteiger partial charge in [-0.25, -0.2) is 0 Å². The summed E-state index contributed by atoms with van der Waals surface area (Å²) in [5.41, 5.74) is 6.42. The van der Waals surface area contributed by atoms with E-state index in [2.05, 4.69) is 24.1 Å². The zero-order chi connectivity index (χ0) is 27.0. The fourth-order valence-electron chi connectivity index (χ4n) is 5.72. The van der Waals surface area contributed by atoms with E-state index in [-0.39, 0.29) is 6.04 Å². The summed E-state index contributed by atoms with van der Waals surface area (Å²) < 4.78 is 41.1. The van der Waals surface area contributed by atoms with Gasteiger partial charge in [0.1, 0.15) is 5.75 Å². The highest BCUT2D eigenvalue weighted by Crippen LogP contribution is 2.57. The van der Waals surface area contributed by atoms with Crippen molar-refractivity contribution >= 4 is 0 Å². The first-order chi connectivity index (χ1) is 18.5. The SMILES string of the molecule is COCc1cc(OC)c(OC)cc1Oc1c(OC)cc2c3c1-c1c(ccc(OC)c1OC)C[C@@H]3N(C)CC2. The van der Waals surface area contributed by atoms with Crippen molar-refractivity contribution in [1.82, 2.24) is 4.90 Å². The Balaban J connectivity index is 1.82. The lowest BCUT2D eigenvalue weighted by atomic mass is 9.76. The molecule has 3 aromatic rings. The summed E-state index contributed by atoms with van der Waals surface area (Å²) >= 11 is 0. The quantitative estimate of drug-likeness (QED) is 0.370. The summed E-state index contributed by atoms with van der Waals surface area (Å²) in [6.07, 6.45) is 1.78. The van der Waals surface area contributed by atoms with E-state index in [9.17, 15) is 0 Å². The van der Waals surface area contributed by atoms with E-state index in [4.69, 9.17) is 33.2 Å². The number of benzene rings is 3. The molecule has 1 aliphatic heterocycles. The first-order valence-corrected chi connectivity index (χ1v) is 12.6. The molecule has 0 amide bonds. The third-order valence-corrected chi connectivity index (χ3v) is 7.56. The number of methoxy groups -OCH3 is 6. The van der Waals surface area contributed by atoms with Gasteiger partial charge in [0.05, 0.1) is 42.2 Å². The molecule has 5 rings (SSSR count). The topological polar surface area (TPSA) is 67.9 Å². The summed E-state index contributed by atoms with van der Waals surface area (Å²) in [5, 5.41) is 0. The highest BCUT2D eigenvalue weighted by Gasteiger charge is 2.39. The molecule has 0 aromatic heterocycles. The number of rotatable bonds is 9. The minimum atomic E-state index is 0.205. The van der Waals surface area contributed by atoms with Crippen molar-refractivity contribution in [2.45, 2.75) is 25.5 Å². The van der Waals surface area contributed by atoms with Crippen molar-refractivity contribution in [3.8, 4) is 51.4 Å². The van der Waals surface area contributed by atoms with Gasteiger partial charge in [0.2, 0.25) is 0 Å². The molecular weight excluding hydrogens is 486 g/mol. The Morgan fingerprint density at radius 1 is 0.711 bits per heavy atom. The average Bonchev–Trinajstić information content (AvgIpc) is 2.95. The van der Waals surface area contributed by atoms with E-state index in [0.717, 1.165) is 36.1 Å². The Kier molecular flexibility index (Phi) is 7.27. The Hall–Kier alpha value is -3.62. The Morgan fingerprint density at radius 2 is 1.42 bits per heavy atom. The standard InChI is InChI=1S/C30H35NO7/c1-31-11-10-18-13-25(36-6)30(38-22-15-24(35-5)23(34-4)14-19(22)16-32-2)28-26(18)20(31)12-17-8-9-21(33-3)29(37-7)27(17)28/h8-9,13-15,20H,10-12,16H2,1-7H3/t20-/m0/s1. The molecule has 0 spiro atoms. The normalized spacial score (nSPS) is 15.8. The molecule has 38 heavy (non-hydrogen) atoms. The molecule has 0 fully saturated rings. The maximum Gasteiger partial charge on any atom is 0.177 e. The van der Waals surface area contributed by atoms with Gasteiger partial charge in [0.15, 0.2) is 34.5 Å². The van der Waals surface area contributed by atoms with E-state index in [0.29, 0.717) is 46.9 Å². The second-order valence-electron chi connectivity index (χ2n) is 9.49. The third kappa shape index (κ3) is 4.18. The van der Waals surface area contributed by atoms with Crippen molar-refractivity contribution in [1.29, 1.82) is 0 Å². The number of hydrogen-bond acceptors (Lipinski definition) is 8. The second kappa shape index (κ2) is 10.6. The number of hydrogen-bond donors (Lipinski definition) is 0. The number of ether oxygens (including phenoxy) is 7. The van der Waals surface area contributed by atoms with Crippen LogP contribution >= 0.6 is 0 Å². The molecule has 0 saturated carbocycles. The number of likely N-dealkylation sites (N-methyl/N-ethyl adjacent to an activating group) is 1. The largest absolute Gasteiger partial charge is 0.493 e. The Morgan fingerprint density at radius 3 is 2.08 bits per heavy atom. The highest BCUT2D eigenvalue weighted by molar-refractivity contribution is 5.89. The van der Waals surface area contributed by atoms with Crippen LogP contribution in [0.3, 0.4) is 0 Å². The molecule has 0 unspecified atom stereocenters. The smallest absolute Gasteiger partial charge is 0.177 e. The molecule has 202 valence electrons. The average molecular weight is 522 g/mol. The highest BCUT2D eigenvalue weighted by atomic mass is 16.5. The predicted octanol–water partition coefficient (Wildman–Crippen LogP) is 5.42. The van der Waals surface area contributed by atoms with Crippen molar-refractivity contribution in [3.63, 3.8) is 0 Å². The number of fused-ring (bicyclic) bond motifs is 2. The zero-order valence-electron chi connectivity index (χ0n) is 23.1. The molecule has 1 aliphatic carbocycles. The van der Waals surface area contributed by atoms with Crippen LogP contribution in [0.25, 0.3) is 11.1 Å². The van der Waals surface area contributed by atoms with E-state index in [1.165, 1.54) is 16.7 Å². The van der Waals surface area contributed by atoms with Crippen LogP contribution in [0.2, 0.25) is 0 Å². The lowest BCUT2D eigenvalue weighted by molar-refractivity contribution is 0.181.